The Morgan fingerprint density at radius 3 is 2.23 bits per heavy atom. The number of allylic oxidation sites excluding steroid dienone is 2. The maximum atomic E-state index is 11.3. The van der Waals surface area contributed by atoms with Crippen molar-refractivity contribution < 1.29 is 4.79 Å². The summed E-state index contributed by atoms with van der Waals surface area (Å²) in [5.41, 5.74) is 1.41. The van der Waals surface area contributed by atoms with Crippen molar-refractivity contribution in [2.24, 2.45) is 5.41 Å². The van der Waals surface area contributed by atoms with Gasteiger partial charge in [-0.3, -0.25) is 4.79 Å². The molecular formula is C12H22O. The number of ketones is 1. The zero-order valence-electron chi connectivity index (χ0n) is 9.61. The van der Waals surface area contributed by atoms with Gasteiger partial charge >= 0.3 is 0 Å². The first-order valence-electron chi connectivity index (χ1n) is 5.05. The fourth-order valence-corrected chi connectivity index (χ4v) is 1.03. The summed E-state index contributed by atoms with van der Waals surface area (Å²) in [5.74, 6) is 0.265. The third-order valence-corrected chi connectivity index (χ3v) is 2.45. The van der Waals surface area contributed by atoms with E-state index in [-0.39, 0.29) is 5.78 Å². The predicted molar refractivity (Wildman–Crippen MR) is 57.7 cm³/mol. The van der Waals surface area contributed by atoms with E-state index in [1.165, 1.54) is 0 Å². The van der Waals surface area contributed by atoms with Gasteiger partial charge in [0.05, 0.1) is 0 Å². The van der Waals surface area contributed by atoms with Crippen LogP contribution in [0.1, 0.15) is 53.9 Å². The van der Waals surface area contributed by atoms with Crippen LogP contribution in [-0.4, -0.2) is 5.78 Å². The number of carbonyl (C=O) groups excluding carboxylic acids is 1. The molecule has 1 nitrogen and oxygen atoms in total. The average molecular weight is 182 g/mol. The van der Waals surface area contributed by atoms with Gasteiger partial charge in [-0.25, -0.2) is 0 Å². The molecule has 0 spiro atoms. The molecule has 0 saturated heterocycles. The lowest BCUT2D eigenvalue weighted by Gasteiger charge is -2.21. The largest absolute Gasteiger partial charge is 0.295 e. The topological polar surface area (TPSA) is 17.1 Å². The summed E-state index contributed by atoms with van der Waals surface area (Å²) in [5, 5.41) is 0. The SMILES string of the molecule is CCC(C)(C)CCC(=O)C=C(C)C. The standard InChI is InChI=1S/C12H22O/c1-6-12(4,5)8-7-11(13)9-10(2)3/h9H,6-8H2,1-5H3. The quantitative estimate of drug-likeness (QED) is 0.592. The average Bonchev–Trinajstić information content (AvgIpc) is 2.00. The summed E-state index contributed by atoms with van der Waals surface area (Å²) in [7, 11) is 0. The molecule has 0 saturated carbocycles. The molecule has 0 aromatic rings. The Morgan fingerprint density at radius 1 is 1.31 bits per heavy atom. The molecule has 1 heteroatoms. The number of hydrogen-bond donors (Lipinski definition) is 0. The molecule has 0 heterocycles. The van der Waals surface area contributed by atoms with Gasteiger partial charge in [-0.15, -0.1) is 0 Å². The lowest BCUT2D eigenvalue weighted by Crippen LogP contribution is -2.11. The van der Waals surface area contributed by atoms with Crippen LogP contribution in [0.4, 0.5) is 0 Å². The molecule has 0 aliphatic heterocycles. The second-order valence-electron chi connectivity index (χ2n) is 4.71. The van der Waals surface area contributed by atoms with Crippen molar-refractivity contribution in [2.45, 2.75) is 53.9 Å². The van der Waals surface area contributed by atoms with Crippen molar-refractivity contribution in [1.82, 2.24) is 0 Å². The monoisotopic (exact) mass is 182 g/mol. The van der Waals surface area contributed by atoms with E-state index < -0.39 is 0 Å². The first-order valence-corrected chi connectivity index (χ1v) is 5.05. The second-order valence-corrected chi connectivity index (χ2v) is 4.71. The van der Waals surface area contributed by atoms with Gasteiger partial charge in [0.25, 0.3) is 0 Å². The van der Waals surface area contributed by atoms with Crippen LogP contribution in [0.3, 0.4) is 0 Å². The van der Waals surface area contributed by atoms with Crippen LogP contribution in [-0.2, 0) is 4.79 Å². The second kappa shape index (κ2) is 5.21. The summed E-state index contributed by atoms with van der Waals surface area (Å²) >= 11 is 0. The Bertz CT molecular complexity index is 195. The summed E-state index contributed by atoms with van der Waals surface area (Å²) in [4.78, 5) is 11.3. The molecule has 0 radical (unpaired) electrons. The van der Waals surface area contributed by atoms with Gasteiger partial charge < -0.3 is 0 Å². The van der Waals surface area contributed by atoms with Crippen molar-refractivity contribution >= 4 is 5.78 Å². The lowest BCUT2D eigenvalue weighted by molar-refractivity contribution is -0.115. The van der Waals surface area contributed by atoms with Crippen LogP contribution in [0.5, 0.6) is 0 Å². The van der Waals surface area contributed by atoms with Crippen LogP contribution in [0.25, 0.3) is 0 Å². The molecular weight excluding hydrogens is 160 g/mol. The van der Waals surface area contributed by atoms with Crippen molar-refractivity contribution in [3.8, 4) is 0 Å². The molecule has 0 atom stereocenters. The smallest absolute Gasteiger partial charge is 0.155 e. The minimum atomic E-state index is 0.265. The van der Waals surface area contributed by atoms with Crippen molar-refractivity contribution in [3.05, 3.63) is 11.6 Å². The maximum Gasteiger partial charge on any atom is 0.155 e. The van der Waals surface area contributed by atoms with Crippen LogP contribution in [0.15, 0.2) is 11.6 Å². The molecule has 0 aliphatic rings. The summed E-state index contributed by atoms with van der Waals surface area (Å²) in [6.45, 7) is 10.5. The van der Waals surface area contributed by atoms with Gasteiger partial charge in [0.1, 0.15) is 0 Å². The Balaban J connectivity index is 3.90. The zero-order valence-corrected chi connectivity index (χ0v) is 9.61. The highest BCUT2D eigenvalue weighted by atomic mass is 16.1. The fourth-order valence-electron chi connectivity index (χ4n) is 1.03. The van der Waals surface area contributed by atoms with Crippen molar-refractivity contribution in [2.75, 3.05) is 0 Å². The number of rotatable bonds is 5. The predicted octanol–water partition coefficient (Wildman–Crippen LogP) is 3.74. The van der Waals surface area contributed by atoms with E-state index in [9.17, 15) is 4.79 Å². The molecule has 0 fully saturated rings. The van der Waals surface area contributed by atoms with E-state index in [2.05, 4.69) is 20.8 Å². The van der Waals surface area contributed by atoms with Gasteiger partial charge in [0.15, 0.2) is 5.78 Å². The van der Waals surface area contributed by atoms with Gasteiger partial charge in [0.2, 0.25) is 0 Å². The van der Waals surface area contributed by atoms with Crippen LogP contribution >= 0.6 is 0 Å². The highest BCUT2D eigenvalue weighted by molar-refractivity contribution is 5.90. The summed E-state index contributed by atoms with van der Waals surface area (Å²) in [6.07, 6.45) is 4.55. The van der Waals surface area contributed by atoms with E-state index in [0.29, 0.717) is 11.8 Å². The Labute approximate surface area is 82.2 Å². The minimum absolute atomic E-state index is 0.265. The maximum absolute atomic E-state index is 11.3. The van der Waals surface area contributed by atoms with Crippen molar-refractivity contribution in [3.63, 3.8) is 0 Å². The van der Waals surface area contributed by atoms with Crippen LogP contribution < -0.4 is 0 Å². The van der Waals surface area contributed by atoms with Crippen LogP contribution in [0.2, 0.25) is 0 Å². The minimum Gasteiger partial charge on any atom is -0.295 e. The molecule has 0 bridgehead atoms. The van der Waals surface area contributed by atoms with Gasteiger partial charge in [-0.1, -0.05) is 32.8 Å². The first-order chi connectivity index (χ1) is 5.87. The Hall–Kier alpha value is -0.590. The molecule has 0 unspecified atom stereocenters. The number of hydrogen-bond acceptors (Lipinski definition) is 1. The molecule has 0 aromatic heterocycles. The van der Waals surface area contributed by atoms with Gasteiger partial charge in [-0.05, 0) is 31.8 Å². The normalized spacial score (nSPS) is 11.2. The van der Waals surface area contributed by atoms with E-state index >= 15 is 0 Å². The molecule has 13 heavy (non-hydrogen) atoms. The molecule has 0 amide bonds. The third-order valence-electron chi connectivity index (χ3n) is 2.45. The van der Waals surface area contributed by atoms with Gasteiger partial charge in [0, 0.05) is 6.42 Å². The number of carbonyl (C=O) groups is 1. The zero-order chi connectivity index (χ0) is 10.5. The van der Waals surface area contributed by atoms with E-state index in [1.54, 1.807) is 6.08 Å². The highest BCUT2D eigenvalue weighted by Crippen LogP contribution is 2.26. The van der Waals surface area contributed by atoms with E-state index in [0.717, 1.165) is 18.4 Å². The van der Waals surface area contributed by atoms with Crippen LogP contribution in [0, 0.1) is 5.41 Å². The molecule has 0 N–H and O–H groups in total. The highest BCUT2D eigenvalue weighted by Gasteiger charge is 2.15. The fraction of sp³-hybridized carbons (Fsp3) is 0.750. The molecule has 0 aliphatic carbocycles. The molecule has 76 valence electrons. The first kappa shape index (κ1) is 12.4. The van der Waals surface area contributed by atoms with E-state index in [4.69, 9.17) is 0 Å². The molecule has 0 rings (SSSR count). The lowest BCUT2D eigenvalue weighted by atomic mass is 9.84. The Morgan fingerprint density at radius 2 is 1.85 bits per heavy atom. The Kier molecular flexibility index (Phi) is 4.97. The van der Waals surface area contributed by atoms with E-state index in [1.807, 2.05) is 13.8 Å². The third kappa shape index (κ3) is 6.56. The molecule has 0 aromatic carbocycles. The summed E-state index contributed by atoms with van der Waals surface area (Å²) in [6, 6.07) is 0. The van der Waals surface area contributed by atoms with Crippen molar-refractivity contribution in [1.29, 1.82) is 0 Å². The summed E-state index contributed by atoms with van der Waals surface area (Å²) < 4.78 is 0. The van der Waals surface area contributed by atoms with Gasteiger partial charge in [-0.2, -0.15) is 0 Å².